The molecule has 0 radical (unpaired) electrons. The molecule has 12 heteroatoms. The molecular formula is C26H32O12. The molecule has 4 rings (SSSR count). The van der Waals surface area contributed by atoms with E-state index in [-0.39, 0.29) is 17.2 Å². The molecule has 2 aliphatic rings. The van der Waals surface area contributed by atoms with Gasteiger partial charge in [0.25, 0.3) is 0 Å². The minimum absolute atomic E-state index is 0.0863. The van der Waals surface area contributed by atoms with Gasteiger partial charge in [0.05, 0.1) is 12.7 Å². The van der Waals surface area contributed by atoms with Gasteiger partial charge in [0.15, 0.2) is 12.4 Å². The lowest BCUT2D eigenvalue weighted by molar-refractivity contribution is -0.354. The van der Waals surface area contributed by atoms with Crippen molar-refractivity contribution in [1.29, 1.82) is 0 Å². The van der Waals surface area contributed by atoms with Gasteiger partial charge in [-0.2, -0.15) is 0 Å². The van der Waals surface area contributed by atoms with Crippen LogP contribution in [0.4, 0.5) is 0 Å². The van der Waals surface area contributed by atoms with Crippen LogP contribution in [-0.4, -0.2) is 109 Å². The van der Waals surface area contributed by atoms with Crippen LogP contribution in [0.3, 0.4) is 0 Å². The van der Waals surface area contributed by atoms with Crippen LogP contribution in [0.25, 0.3) is 12.2 Å². The van der Waals surface area contributed by atoms with Crippen molar-refractivity contribution in [2.45, 2.75) is 68.3 Å². The highest BCUT2D eigenvalue weighted by molar-refractivity contribution is 5.71. The number of phenolic OH excluding ortho intramolecular Hbond substituents is 2. The number of aliphatic hydroxyl groups excluding tert-OH is 6. The number of phenols is 2. The second kappa shape index (κ2) is 11.9. The summed E-state index contributed by atoms with van der Waals surface area (Å²) in [5.74, 6) is 0.0554. The van der Waals surface area contributed by atoms with Crippen molar-refractivity contribution in [3.8, 4) is 17.2 Å². The number of rotatable bonds is 7. The monoisotopic (exact) mass is 536 g/mol. The van der Waals surface area contributed by atoms with E-state index in [2.05, 4.69) is 0 Å². The fourth-order valence-electron chi connectivity index (χ4n) is 4.26. The highest BCUT2D eigenvalue weighted by Gasteiger charge is 2.50. The van der Waals surface area contributed by atoms with Crippen molar-refractivity contribution in [2.75, 3.05) is 6.61 Å². The van der Waals surface area contributed by atoms with Gasteiger partial charge in [0, 0.05) is 6.07 Å². The van der Waals surface area contributed by atoms with Crippen molar-refractivity contribution in [3.63, 3.8) is 0 Å². The SMILES string of the molecule is C[C@@H]1O[C@@H](O[C@H]2[C@H](Oc3cc(O)cc(/C=C/c4ccc(O)cc4)c3)O[C@H](CO)[C@@H](O)[C@@H]2O)[C@H](O)[C@H](O)[C@H]1O. The zero-order valence-corrected chi connectivity index (χ0v) is 20.4. The first kappa shape index (κ1) is 28.2. The molecule has 10 atom stereocenters. The summed E-state index contributed by atoms with van der Waals surface area (Å²) in [6, 6.07) is 10.8. The van der Waals surface area contributed by atoms with Crippen molar-refractivity contribution >= 4 is 12.2 Å². The van der Waals surface area contributed by atoms with Gasteiger partial charge in [-0.05, 0) is 42.3 Å². The Kier molecular flexibility index (Phi) is 8.88. The van der Waals surface area contributed by atoms with E-state index in [9.17, 15) is 40.9 Å². The largest absolute Gasteiger partial charge is 0.508 e. The molecule has 38 heavy (non-hydrogen) atoms. The van der Waals surface area contributed by atoms with E-state index >= 15 is 0 Å². The summed E-state index contributed by atoms with van der Waals surface area (Å²) in [6.07, 6.45) is -11.2. The molecule has 12 nitrogen and oxygen atoms in total. The van der Waals surface area contributed by atoms with Crippen LogP contribution in [0, 0.1) is 0 Å². The third-order valence-electron chi connectivity index (χ3n) is 6.45. The summed E-state index contributed by atoms with van der Waals surface area (Å²) < 4.78 is 22.6. The van der Waals surface area contributed by atoms with Crippen LogP contribution < -0.4 is 4.74 Å². The standard InChI is InChI=1S/C26H32O12/c1-12-19(30)21(32)23(34)25(35-12)38-24-22(33)20(31)18(11-27)37-26(24)36-17-9-14(8-16(29)10-17)3-2-13-4-6-15(28)7-5-13/h2-10,12,18-34H,11H2,1H3/b3-2+/t12-,18+,19-,20+,21+,22-,23+,24+,25-,26+/m0/s1. The van der Waals surface area contributed by atoms with Gasteiger partial charge in [0.2, 0.25) is 6.29 Å². The molecule has 2 aromatic carbocycles. The second-order valence-corrected chi connectivity index (χ2v) is 9.29. The lowest BCUT2D eigenvalue weighted by Crippen LogP contribution is -2.64. The van der Waals surface area contributed by atoms with Crippen molar-refractivity contribution < 1.29 is 59.8 Å². The Morgan fingerprint density at radius 2 is 1.42 bits per heavy atom. The van der Waals surface area contributed by atoms with E-state index < -0.39 is 68.0 Å². The molecule has 2 aliphatic heterocycles. The Balaban J connectivity index is 1.56. The maximum atomic E-state index is 10.8. The number of ether oxygens (including phenoxy) is 4. The number of aliphatic hydroxyl groups is 6. The van der Waals surface area contributed by atoms with E-state index in [0.29, 0.717) is 5.56 Å². The van der Waals surface area contributed by atoms with Crippen LogP contribution in [0.15, 0.2) is 42.5 Å². The smallest absolute Gasteiger partial charge is 0.229 e. The van der Waals surface area contributed by atoms with Crippen molar-refractivity contribution in [2.24, 2.45) is 0 Å². The van der Waals surface area contributed by atoms with Gasteiger partial charge in [-0.25, -0.2) is 0 Å². The van der Waals surface area contributed by atoms with Gasteiger partial charge >= 0.3 is 0 Å². The Hall–Kier alpha value is -2.78. The highest BCUT2D eigenvalue weighted by atomic mass is 16.8. The van der Waals surface area contributed by atoms with E-state index in [0.717, 1.165) is 5.56 Å². The van der Waals surface area contributed by atoms with Gasteiger partial charge in [0.1, 0.15) is 53.9 Å². The zero-order chi connectivity index (χ0) is 27.6. The average Bonchev–Trinajstić information content (AvgIpc) is 2.89. The molecule has 0 aromatic heterocycles. The topological polar surface area (TPSA) is 199 Å². The Morgan fingerprint density at radius 3 is 2.11 bits per heavy atom. The molecule has 0 spiro atoms. The third kappa shape index (κ3) is 6.26. The summed E-state index contributed by atoms with van der Waals surface area (Å²) in [7, 11) is 0. The summed E-state index contributed by atoms with van der Waals surface area (Å²) in [6.45, 7) is 0.796. The molecule has 0 aliphatic carbocycles. The summed E-state index contributed by atoms with van der Waals surface area (Å²) in [5, 5.41) is 80.8. The Labute approximate surface area is 218 Å². The maximum Gasteiger partial charge on any atom is 0.229 e. The molecule has 208 valence electrons. The Bertz CT molecular complexity index is 1090. The van der Waals surface area contributed by atoms with Crippen LogP contribution in [0.1, 0.15) is 18.1 Å². The van der Waals surface area contributed by atoms with E-state index in [4.69, 9.17) is 18.9 Å². The average molecular weight is 537 g/mol. The van der Waals surface area contributed by atoms with Gasteiger partial charge in [-0.1, -0.05) is 24.3 Å². The summed E-state index contributed by atoms with van der Waals surface area (Å²) >= 11 is 0. The van der Waals surface area contributed by atoms with Gasteiger partial charge in [-0.15, -0.1) is 0 Å². The zero-order valence-electron chi connectivity index (χ0n) is 20.4. The lowest BCUT2D eigenvalue weighted by atomic mass is 9.97. The quantitative estimate of drug-likeness (QED) is 0.207. The van der Waals surface area contributed by atoms with Crippen LogP contribution in [0.5, 0.6) is 17.2 Å². The van der Waals surface area contributed by atoms with Crippen molar-refractivity contribution in [1.82, 2.24) is 0 Å². The van der Waals surface area contributed by atoms with Crippen molar-refractivity contribution in [3.05, 3.63) is 53.6 Å². The fourth-order valence-corrected chi connectivity index (χ4v) is 4.26. The normalized spacial score (nSPS) is 35.9. The number of hydrogen-bond donors (Lipinski definition) is 8. The second-order valence-electron chi connectivity index (χ2n) is 9.29. The molecule has 0 amide bonds. The molecule has 2 heterocycles. The maximum absolute atomic E-state index is 10.8. The predicted molar refractivity (Wildman–Crippen MR) is 131 cm³/mol. The first-order valence-corrected chi connectivity index (χ1v) is 12.0. The number of hydrogen-bond acceptors (Lipinski definition) is 12. The van der Waals surface area contributed by atoms with Crippen LogP contribution in [-0.2, 0) is 14.2 Å². The minimum atomic E-state index is -1.70. The molecule has 0 saturated carbocycles. The van der Waals surface area contributed by atoms with Crippen LogP contribution in [0.2, 0.25) is 0 Å². The highest BCUT2D eigenvalue weighted by Crippen LogP contribution is 2.32. The molecule has 2 fully saturated rings. The number of benzene rings is 2. The molecule has 8 N–H and O–H groups in total. The third-order valence-corrected chi connectivity index (χ3v) is 6.45. The van der Waals surface area contributed by atoms with Gasteiger partial charge < -0.3 is 59.8 Å². The summed E-state index contributed by atoms with van der Waals surface area (Å²) in [4.78, 5) is 0. The summed E-state index contributed by atoms with van der Waals surface area (Å²) in [5.41, 5.74) is 1.31. The fraction of sp³-hybridized carbons (Fsp3) is 0.462. The molecule has 0 bridgehead atoms. The van der Waals surface area contributed by atoms with E-state index in [1.807, 2.05) is 0 Å². The first-order valence-electron chi connectivity index (χ1n) is 12.0. The molecule has 2 saturated heterocycles. The minimum Gasteiger partial charge on any atom is -0.508 e. The molecule has 0 unspecified atom stereocenters. The van der Waals surface area contributed by atoms with Gasteiger partial charge in [-0.3, -0.25) is 0 Å². The number of aromatic hydroxyl groups is 2. The molecular weight excluding hydrogens is 504 g/mol. The first-order chi connectivity index (χ1) is 18.1. The van der Waals surface area contributed by atoms with E-state index in [1.54, 1.807) is 30.4 Å². The lowest BCUT2D eigenvalue weighted by Gasteiger charge is -2.45. The Morgan fingerprint density at radius 1 is 0.737 bits per heavy atom. The van der Waals surface area contributed by atoms with E-state index in [1.165, 1.54) is 31.2 Å². The molecule has 2 aromatic rings. The predicted octanol–water partition coefficient (Wildman–Crippen LogP) is -0.701. The van der Waals surface area contributed by atoms with Crippen LogP contribution >= 0.6 is 0 Å².